The van der Waals surface area contributed by atoms with E-state index in [1.54, 1.807) is 12.1 Å². The molecule has 0 atom stereocenters. The average Bonchev–Trinajstić information content (AvgIpc) is 2.83. The molecule has 8 heteroatoms. The summed E-state index contributed by atoms with van der Waals surface area (Å²) >= 11 is 0. The lowest BCUT2D eigenvalue weighted by Crippen LogP contribution is -2.45. The number of amides is 2. The predicted octanol–water partition coefficient (Wildman–Crippen LogP) is 0.491. The molecular weight excluding hydrogens is 288 g/mol. The first-order valence-electron chi connectivity index (χ1n) is 7.30. The first kappa shape index (κ1) is 13.3. The van der Waals surface area contributed by atoms with Gasteiger partial charge in [-0.05, 0) is 25.2 Å². The second-order valence-electron chi connectivity index (χ2n) is 5.74. The normalized spacial score (nSPS) is 22.8. The van der Waals surface area contributed by atoms with E-state index in [9.17, 15) is 9.59 Å². The maximum Gasteiger partial charge on any atom is 0.416 e. The molecule has 8 nitrogen and oxygen atoms in total. The number of carbonyl (C=O) groups excluding carboxylic acids is 2. The van der Waals surface area contributed by atoms with Crippen molar-refractivity contribution in [2.24, 2.45) is 0 Å². The van der Waals surface area contributed by atoms with Gasteiger partial charge in [0, 0.05) is 12.8 Å². The summed E-state index contributed by atoms with van der Waals surface area (Å²) in [4.78, 5) is 29.4. The van der Waals surface area contributed by atoms with Crippen molar-refractivity contribution in [2.45, 2.75) is 18.4 Å². The van der Waals surface area contributed by atoms with E-state index in [0.717, 1.165) is 25.9 Å². The smallest absolute Gasteiger partial charge is 0.416 e. The van der Waals surface area contributed by atoms with Gasteiger partial charge in [0.2, 0.25) is 0 Å². The van der Waals surface area contributed by atoms with E-state index in [0.29, 0.717) is 23.9 Å². The third kappa shape index (κ3) is 2.16. The largest absolute Gasteiger partial charge is 0.480 e. The minimum atomic E-state index is -0.431. The van der Waals surface area contributed by atoms with Crippen LogP contribution in [-0.4, -0.2) is 48.8 Å². The zero-order valence-electron chi connectivity index (χ0n) is 11.9. The number of aromatic nitrogens is 1. The Labute approximate surface area is 126 Å². The molecule has 116 valence electrons. The lowest BCUT2D eigenvalue weighted by atomic mass is 9.92. The third-order valence-corrected chi connectivity index (χ3v) is 4.22. The van der Waals surface area contributed by atoms with Crippen LogP contribution >= 0.6 is 0 Å². The highest BCUT2D eigenvalue weighted by molar-refractivity contribution is 5.95. The van der Waals surface area contributed by atoms with Crippen molar-refractivity contribution in [2.75, 3.05) is 36.5 Å². The lowest BCUT2D eigenvalue weighted by molar-refractivity contribution is -0.118. The maximum absolute atomic E-state index is 12.2. The van der Waals surface area contributed by atoms with Crippen LogP contribution < -0.4 is 20.3 Å². The predicted molar refractivity (Wildman–Crippen MR) is 77.0 cm³/mol. The number of fused-ring (bicyclic) bond motifs is 1. The second-order valence-corrected chi connectivity index (χ2v) is 5.74. The maximum atomic E-state index is 12.2. The van der Waals surface area contributed by atoms with E-state index in [-0.39, 0.29) is 12.5 Å². The topological polar surface area (TPSA) is 92.8 Å². The molecule has 0 unspecified atom stereocenters. The summed E-state index contributed by atoms with van der Waals surface area (Å²) in [5.41, 5.74) is -0.431. The molecule has 1 spiro atoms. The fraction of sp³-hybridized carbons (Fsp3) is 0.500. The Morgan fingerprint density at radius 2 is 2.05 bits per heavy atom. The molecule has 22 heavy (non-hydrogen) atoms. The quantitative estimate of drug-likeness (QED) is 0.784. The van der Waals surface area contributed by atoms with Gasteiger partial charge < -0.3 is 20.1 Å². The number of nitrogens with zero attached hydrogens (tertiary/aromatic N) is 2. The number of anilines is 2. The Morgan fingerprint density at radius 3 is 2.86 bits per heavy atom. The van der Waals surface area contributed by atoms with E-state index in [4.69, 9.17) is 9.47 Å². The standard InChI is InChI=1S/C14H16N4O4/c19-11-7-21-9-1-2-10(16-12(9)17-11)18-8-14(22-13(18)20)3-5-15-6-4-14/h1-2,15H,3-8H2,(H,16,17,19). The van der Waals surface area contributed by atoms with Crippen molar-refractivity contribution in [1.82, 2.24) is 10.3 Å². The minimum absolute atomic E-state index is 0.0180. The fourth-order valence-corrected chi connectivity index (χ4v) is 3.05. The van der Waals surface area contributed by atoms with Gasteiger partial charge in [0.25, 0.3) is 5.91 Å². The van der Waals surface area contributed by atoms with Crippen LogP contribution in [0.3, 0.4) is 0 Å². The molecule has 0 aliphatic carbocycles. The molecule has 3 aliphatic heterocycles. The third-order valence-electron chi connectivity index (χ3n) is 4.22. The van der Waals surface area contributed by atoms with E-state index in [1.165, 1.54) is 4.90 Å². The Kier molecular flexibility index (Phi) is 2.93. The van der Waals surface area contributed by atoms with E-state index < -0.39 is 11.7 Å². The molecule has 2 fully saturated rings. The SMILES string of the molecule is O=C1COc2ccc(N3CC4(CCNCC4)OC3=O)nc2N1. The summed E-state index contributed by atoms with van der Waals surface area (Å²) in [6.45, 7) is 2.13. The van der Waals surface area contributed by atoms with Gasteiger partial charge in [-0.3, -0.25) is 9.69 Å². The summed E-state index contributed by atoms with van der Waals surface area (Å²) < 4.78 is 10.9. The Morgan fingerprint density at radius 1 is 1.23 bits per heavy atom. The van der Waals surface area contributed by atoms with Crippen molar-refractivity contribution in [3.8, 4) is 5.75 Å². The Bertz CT molecular complexity index is 642. The number of nitrogens with one attached hydrogen (secondary N) is 2. The van der Waals surface area contributed by atoms with Crippen LogP contribution in [0.5, 0.6) is 5.75 Å². The Balaban J connectivity index is 1.61. The molecule has 1 aromatic rings. The van der Waals surface area contributed by atoms with Crippen LogP contribution in [0, 0.1) is 0 Å². The highest BCUT2D eigenvalue weighted by Crippen LogP contribution is 2.35. The summed E-state index contributed by atoms with van der Waals surface area (Å²) in [5, 5.41) is 5.91. The first-order chi connectivity index (χ1) is 10.7. The highest BCUT2D eigenvalue weighted by atomic mass is 16.6. The fourth-order valence-electron chi connectivity index (χ4n) is 3.05. The van der Waals surface area contributed by atoms with Crippen molar-refractivity contribution in [1.29, 1.82) is 0 Å². The molecule has 2 N–H and O–H groups in total. The number of piperidine rings is 1. The number of rotatable bonds is 1. The summed E-state index contributed by atoms with van der Waals surface area (Å²) in [7, 11) is 0. The number of pyridine rings is 1. The van der Waals surface area contributed by atoms with Crippen molar-refractivity contribution >= 4 is 23.6 Å². The minimum Gasteiger partial charge on any atom is -0.480 e. The van der Waals surface area contributed by atoms with Gasteiger partial charge >= 0.3 is 6.09 Å². The monoisotopic (exact) mass is 304 g/mol. The summed E-state index contributed by atoms with van der Waals surface area (Å²) in [5.74, 6) is 1.06. The van der Waals surface area contributed by atoms with Crippen molar-refractivity contribution < 1.29 is 19.1 Å². The number of ether oxygens (including phenoxy) is 2. The molecular formula is C14H16N4O4. The second kappa shape index (κ2) is 4.84. The van der Waals surface area contributed by atoms with Crippen LogP contribution in [0.1, 0.15) is 12.8 Å². The number of carbonyl (C=O) groups is 2. The van der Waals surface area contributed by atoms with Gasteiger partial charge in [0.1, 0.15) is 11.4 Å². The van der Waals surface area contributed by atoms with Crippen LogP contribution in [0.4, 0.5) is 16.4 Å². The molecule has 0 radical (unpaired) electrons. The van der Waals surface area contributed by atoms with Gasteiger partial charge in [-0.15, -0.1) is 0 Å². The molecule has 2 saturated heterocycles. The molecule has 4 rings (SSSR count). The Hall–Kier alpha value is -2.35. The molecule has 2 amide bonds. The van der Waals surface area contributed by atoms with Crippen LogP contribution in [0.2, 0.25) is 0 Å². The molecule has 1 aromatic heterocycles. The summed E-state index contributed by atoms with van der Waals surface area (Å²) in [6.07, 6.45) is 1.19. The zero-order chi connectivity index (χ0) is 15.2. The van der Waals surface area contributed by atoms with Crippen molar-refractivity contribution in [3.05, 3.63) is 12.1 Å². The van der Waals surface area contributed by atoms with E-state index in [1.807, 2.05) is 0 Å². The molecule has 4 heterocycles. The van der Waals surface area contributed by atoms with Crippen LogP contribution in [0.15, 0.2) is 12.1 Å². The van der Waals surface area contributed by atoms with E-state index in [2.05, 4.69) is 15.6 Å². The summed E-state index contributed by atoms with van der Waals surface area (Å²) in [6, 6.07) is 3.41. The molecule has 3 aliphatic rings. The van der Waals surface area contributed by atoms with Crippen LogP contribution in [-0.2, 0) is 9.53 Å². The lowest BCUT2D eigenvalue weighted by Gasteiger charge is -2.31. The molecule has 0 saturated carbocycles. The first-order valence-corrected chi connectivity index (χ1v) is 7.30. The van der Waals surface area contributed by atoms with Crippen LogP contribution in [0.25, 0.3) is 0 Å². The van der Waals surface area contributed by atoms with Gasteiger partial charge in [0.15, 0.2) is 18.2 Å². The highest BCUT2D eigenvalue weighted by Gasteiger charge is 2.46. The van der Waals surface area contributed by atoms with Gasteiger partial charge in [0.05, 0.1) is 6.54 Å². The van der Waals surface area contributed by atoms with Gasteiger partial charge in [-0.25, -0.2) is 9.78 Å². The van der Waals surface area contributed by atoms with Crippen molar-refractivity contribution in [3.63, 3.8) is 0 Å². The number of hydrogen-bond donors (Lipinski definition) is 2. The van der Waals surface area contributed by atoms with Gasteiger partial charge in [-0.1, -0.05) is 0 Å². The van der Waals surface area contributed by atoms with Gasteiger partial charge in [-0.2, -0.15) is 0 Å². The molecule has 0 bridgehead atoms. The number of hydrogen-bond acceptors (Lipinski definition) is 6. The zero-order valence-corrected chi connectivity index (χ0v) is 11.9. The van der Waals surface area contributed by atoms with E-state index >= 15 is 0 Å². The average molecular weight is 304 g/mol. The molecule has 0 aromatic carbocycles.